The summed E-state index contributed by atoms with van der Waals surface area (Å²) in [5.74, 6) is 0.911. The van der Waals surface area contributed by atoms with Crippen molar-refractivity contribution in [1.82, 2.24) is 0 Å². The molecule has 1 aliphatic rings. The van der Waals surface area contributed by atoms with Crippen LogP contribution in [0, 0.1) is 5.92 Å². The summed E-state index contributed by atoms with van der Waals surface area (Å²) >= 11 is 0. The van der Waals surface area contributed by atoms with Gasteiger partial charge in [-0.3, -0.25) is 0 Å². The zero-order valence-electron chi connectivity index (χ0n) is 8.24. The first-order valence-electron chi connectivity index (χ1n) is 5.27. The Kier molecular flexibility index (Phi) is 5.35. The van der Waals surface area contributed by atoms with E-state index in [9.17, 15) is 0 Å². The lowest BCUT2D eigenvalue weighted by Gasteiger charge is -2.25. The number of hydrogen-bond donors (Lipinski definition) is 2. The number of rotatable bonds is 7. The van der Waals surface area contributed by atoms with E-state index in [1.165, 1.54) is 25.7 Å². The second-order valence-electron chi connectivity index (χ2n) is 3.93. The van der Waals surface area contributed by atoms with E-state index in [1.807, 2.05) is 0 Å². The molecule has 78 valence electrons. The van der Waals surface area contributed by atoms with Crippen LogP contribution in [0.1, 0.15) is 32.1 Å². The normalized spacial score (nSPS) is 19.8. The summed E-state index contributed by atoms with van der Waals surface area (Å²) in [5.41, 5.74) is 5.66. The fraction of sp³-hybridized carbons (Fsp3) is 1.00. The Morgan fingerprint density at radius 2 is 2.23 bits per heavy atom. The molecule has 0 radical (unpaired) electrons. The summed E-state index contributed by atoms with van der Waals surface area (Å²) in [7, 11) is 0. The van der Waals surface area contributed by atoms with Crippen LogP contribution in [-0.2, 0) is 4.74 Å². The van der Waals surface area contributed by atoms with E-state index < -0.39 is 0 Å². The first kappa shape index (κ1) is 11.0. The van der Waals surface area contributed by atoms with Crippen LogP contribution < -0.4 is 5.73 Å². The minimum atomic E-state index is 0.00592. The second-order valence-corrected chi connectivity index (χ2v) is 3.93. The Labute approximate surface area is 80.3 Å². The van der Waals surface area contributed by atoms with E-state index in [1.54, 1.807) is 0 Å². The van der Waals surface area contributed by atoms with Gasteiger partial charge in [0.2, 0.25) is 0 Å². The molecular weight excluding hydrogens is 166 g/mol. The van der Waals surface area contributed by atoms with Gasteiger partial charge in [0.05, 0.1) is 6.61 Å². The predicted octanol–water partition coefficient (Wildman–Crippen LogP) is 0.903. The minimum Gasteiger partial charge on any atom is -0.396 e. The van der Waals surface area contributed by atoms with Crippen molar-refractivity contribution in [2.45, 2.75) is 38.1 Å². The third-order valence-corrected chi connectivity index (χ3v) is 2.73. The molecule has 1 atom stereocenters. The van der Waals surface area contributed by atoms with Gasteiger partial charge in [-0.15, -0.1) is 0 Å². The van der Waals surface area contributed by atoms with Gasteiger partial charge >= 0.3 is 0 Å². The number of aliphatic hydroxyl groups excluding tert-OH is 1. The minimum absolute atomic E-state index is 0.00592. The average molecular weight is 187 g/mol. The van der Waals surface area contributed by atoms with E-state index in [0.29, 0.717) is 13.0 Å². The lowest BCUT2D eigenvalue weighted by molar-refractivity contribution is 0.0904. The molecule has 0 amide bonds. The van der Waals surface area contributed by atoms with Crippen LogP contribution in [0.4, 0.5) is 0 Å². The molecule has 1 rings (SSSR count). The number of ether oxygens (including phenoxy) is 1. The third-order valence-electron chi connectivity index (χ3n) is 2.73. The molecule has 0 aliphatic heterocycles. The summed E-state index contributed by atoms with van der Waals surface area (Å²) in [6.45, 7) is 1.59. The molecule has 3 nitrogen and oxygen atoms in total. The summed E-state index contributed by atoms with van der Waals surface area (Å²) in [6, 6.07) is 0.00592. The average Bonchev–Trinajstić information content (AvgIpc) is 2.01. The van der Waals surface area contributed by atoms with Gasteiger partial charge < -0.3 is 15.6 Å². The summed E-state index contributed by atoms with van der Waals surface area (Å²) in [6.07, 6.45) is 5.99. The van der Waals surface area contributed by atoms with E-state index in [2.05, 4.69) is 0 Å². The molecule has 1 saturated carbocycles. The molecule has 0 heterocycles. The zero-order chi connectivity index (χ0) is 9.52. The van der Waals surface area contributed by atoms with Gasteiger partial charge in [-0.2, -0.15) is 0 Å². The first-order valence-corrected chi connectivity index (χ1v) is 5.27. The Bertz CT molecular complexity index is 126. The van der Waals surface area contributed by atoms with Crippen LogP contribution in [-0.4, -0.2) is 31.0 Å². The Morgan fingerprint density at radius 3 is 2.77 bits per heavy atom. The quantitative estimate of drug-likeness (QED) is 0.582. The Morgan fingerprint density at radius 1 is 1.46 bits per heavy atom. The molecule has 3 N–H and O–H groups in total. The smallest absolute Gasteiger partial charge is 0.0618 e. The largest absolute Gasteiger partial charge is 0.396 e. The zero-order valence-corrected chi connectivity index (χ0v) is 8.24. The fourth-order valence-electron chi connectivity index (χ4n) is 1.52. The van der Waals surface area contributed by atoms with Gasteiger partial charge in [-0.05, 0) is 18.8 Å². The van der Waals surface area contributed by atoms with E-state index in [0.717, 1.165) is 12.5 Å². The standard InChI is InChI=1S/C10H21NO2/c11-10(4-6-12)8-13-7-5-9-2-1-3-9/h9-10,12H,1-8,11H2. The van der Waals surface area contributed by atoms with Gasteiger partial charge in [-0.1, -0.05) is 19.3 Å². The highest BCUT2D eigenvalue weighted by atomic mass is 16.5. The highest BCUT2D eigenvalue weighted by Gasteiger charge is 2.16. The van der Waals surface area contributed by atoms with Crippen LogP contribution in [0.2, 0.25) is 0 Å². The summed E-state index contributed by atoms with van der Waals surface area (Å²) < 4.78 is 5.42. The third kappa shape index (κ3) is 4.60. The fourth-order valence-corrected chi connectivity index (χ4v) is 1.52. The lowest BCUT2D eigenvalue weighted by Crippen LogP contribution is -2.28. The van der Waals surface area contributed by atoms with Crippen molar-refractivity contribution in [3.8, 4) is 0 Å². The highest BCUT2D eigenvalue weighted by molar-refractivity contribution is 4.69. The van der Waals surface area contributed by atoms with E-state index >= 15 is 0 Å². The van der Waals surface area contributed by atoms with Crippen LogP contribution >= 0.6 is 0 Å². The van der Waals surface area contributed by atoms with Crippen molar-refractivity contribution in [2.24, 2.45) is 11.7 Å². The number of nitrogens with two attached hydrogens (primary N) is 1. The van der Waals surface area contributed by atoms with Gasteiger partial charge in [0.25, 0.3) is 0 Å². The Hall–Kier alpha value is -0.120. The number of aliphatic hydroxyl groups is 1. The molecule has 1 fully saturated rings. The topological polar surface area (TPSA) is 55.5 Å². The molecule has 13 heavy (non-hydrogen) atoms. The maximum Gasteiger partial charge on any atom is 0.0618 e. The van der Waals surface area contributed by atoms with Crippen molar-refractivity contribution < 1.29 is 9.84 Å². The predicted molar refractivity (Wildman–Crippen MR) is 52.5 cm³/mol. The second kappa shape index (κ2) is 6.35. The lowest BCUT2D eigenvalue weighted by atomic mass is 9.83. The van der Waals surface area contributed by atoms with Crippen molar-refractivity contribution in [3.05, 3.63) is 0 Å². The van der Waals surface area contributed by atoms with Crippen LogP contribution in [0.25, 0.3) is 0 Å². The van der Waals surface area contributed by atoms with Gasteiger partial charge in [0.1, 0.15) is 0 Å². The Balaban J connectivity index is 1.82. The monoisotopic (exact) mass is 187 g/mol. The maximum absolute atomic E-state index is 8.59. The molecule has 3 heteroatoms. The molecule has 0 aromatic rings. The number of hydrogen-bond acceptors (Lipinski definition) is 3. The van der Waals surface area contributed by atoms with Crippen molar-refractivity contribution in [3.63, 3.8) is 0 Å². The van der Waals surface area contributed by atoms with Crippen LogP contribution in [0.5, 0.6) is 0 Å². The van der Waals surface area contributed by atoms with Crippen LogP contribution in [0.15, 0.2) is 0 Å². The van der Waals surface area contributed by atoms with Gasteiger partial charge in [0, 0.05) is 19.3 Å². The molecule has 0 aromatic heterocycles. The summed E-state index contributed by atoms with van der Waals surface area (Å²) in [5, 5.41) is 8.59. The summed E-state index contributed by atoms with van der Waals surface area (Å²) in [4.78, 5) is 0. The molecule has 1 unspecified atom stereocenters. The van der Waals surface area contributed by atoms with Gasteiger partial charge in [0.15, 0.2) is 0 Å². The molecule has 0 spiro atoms. The highest BCUT2D eigenvalue weighted by Crippen LogP contribution is 2.28. The SMILES string of the molecule is NC(CCO)COCCC1CCC1. The van der Waals surface area contributed by atoms with E-state index in [4.69, 9.17) is 15.6 Å². The van der Waals surface area contributed by atoms with E-state index in [-0.39, 0.29) is 12.6 Å². The van der Waals surface area contributed by atoms with Gasteiger partial charge in [-0.25, -0.2) is 0 Å². The van der Waals surface area contributed by atoms with Crippen molar-refractivity contribution in [1.29, 1.82) is 0 Å². The molecule has 0 saturated heterocycles. The molecule has 0 bridgehead atoms. The van der Waals surface area contributed by atoms with Crippen molar-refractivity contribution >= 4 is 0 Å². The molecular formula is C10H21NO2. The first-order chi connectivity index (χ1) is 6.33. The molecule has 0 aromatic carbocycles. The maximum atomic E-state index is 8.59. The van der Waals surface area contributed by atoms with Crippen LogP contribution in [0.3, 0.4) is 0 Å². The molecule has 1 aliphatic carbocycles. The van der Waals surface area contributed by atoms with Crippen molar-refractivity contribution in [2.75, 3.05) is 19.8 Å².